The minimum absolute atomic E-state index is 0.528. The van der Waals surface area contributed by atoms with Crippen molar-refractivity contribution in [3.63, 3.8) is 0 Å². The molecule has 0 aliphatic rings. The summed E-state index contributed by atoms with van der Waals surface area (Å²) in [5, 5.41) is 0. The van der Waals surface area contributed by atoms with Crippen molar-refractivity contribution in [2.24, 2.45) is 0 Å². The predicted octanol–water partition coefficient (Wildman–Crippen LogP) is 3.54. The average molecular weight is 309 g/mol. The minimum atomic E-state index is 0.528. The third kappa shape index (κ3) is 2.73. The lowest BCUT2D eigenvalue weighted by Crippen LogP contribution is -1.94. The number of pyridine rings is 1. The predicted molar refractivity (Wildman–Crippen MR) is 74.2 cm³/mol. The van der Waals surface area contributed by atoms with Crippen LogP contribution in [0.4, 0.5) is 5.69 Å². The molecule has 1 aromatic carbocycles. The van der Waals surface area contributed by atoms with Gasteiger partial charge in [0.15, 0.2) is 0 Å². The van der Waals surface area contributed by atoms with Crippen molar-refractivity contribution < 1.29 is 9.47 Å². The molecule has 5 heteroatoms. The Bertz CT molecular complexity index is 573. The molecule has 0 aliphatic heterocycles. The van der Waals surface area contributed by atoms with E-state index in [2.05, 4.69) is 20.9 Å². The van der Waals surface area contributed by atoms with E-state index in [4.69, 9.17) is 15.2 Å². The highest BCUT2D eigenvalue weighted by Crippen LogP contribution is 2.29. The summed E-state index contributed by atoms with van der Waals surface area (Å²) in [7, 11) is 1.58. The number of nitrogen functional groups attached to an aromatic ring is 1. The second kappa shape index (κ2) is 5.27. The van der Waals surface area contributed by atoms with E-state index in [1.165, 1.54) is 0 Å². The molecule has 0 saturated heterocycles. The lowest BCUT2D eigenvalue weighted by Gasteiger charge is -2.09. The van der Waals surface area contributed by atoms with Crippen molar-refractivity contribution in [3.05, 3.63) is 40.5 Å². The molecule has 18 heavy (non-hydrogen) atoms. The van der Waals surface area contributed by atoms with Crippen LogP contribution in [-0.4, -0.2) is 12.1 Å². The first-order valence-corrected chi connectivity index (χ1v) is 6.13. The van der Waals surface area contributed by atoms with Crippen LogP contribution in [0.25, 0.3) is 0 Å². The van der Waals surface area contributed by atoms with Gasteiger partial charge in [-0.3, -0.25) is 0 Å². The van der Waals surface area contributed by atoms with Crippen molar-refractivity contribution in [1.82, 2.24) is 4.98 Å². The Morgan fingerprint density at radius 3 is 2.67 bits per heavy atom. The first-order chi connectivity index (χ1) is 8.60. The molecule has 0 atom stereocenters. The fraction of sp³-hybridized carbons (Fsp3) is 0.154. The van der Waals surface area contributed by atoms with E-state index in [1.54, 1.807) is 31.5 Å². The number of ether oxygens (including phenoxy) is 2. The monoisotopic (exact) mass is 308 g/mol. The van der Waals surface area contributed by atoms with E-state index in [9.17, 15) is 0 Å². The summed E-state index contributed by atoms with van der Waals surface area (Å²) in [6.45, 7) is 1.97. The Morgan fingerprint density at radius 1 is 1.28 bits per heavy atom. The molecule has 2 aromatic rings. The normalized spacial score (nSPS) is 10.2. The molecule has 0 saturated carbocycles. The van der Waals surface area contributed by atoms with Gasteiger partial charge in [-0.1, -0.05) is 0 Å². The number of hydrogen-bond acceptors (Lipinski definition) is 4. The number of halogens is 1. The largest absolute Gasteiger partial charge is 0.495 e. The van der Waals surface area contributed by atoms with Crippen molar-refractivity contribution >= 4 is 21.6 Å². The summed E-state index contributed by atoms with van der Waals surface area (Å²) in [6.07, 6.45) is 1.71. The van der Waals surface area contributed by atoms with Crippen LogP contribution in [0.15, 0.2) is 34.9 Å². The number of nitrogens with two attached hydrogens (primary N) is 1. The zero-order valence-electron chi connectivity index (χ0n) is 10.1. The van der Waals surface area contributed by atoms with Crippen molar-refractivity contribution in [2.75, 3.05) is 12.8 Å². The van der Waals surface area contributed by atoms with Gasteiger partial charge in [0.2, 0.25) is 5.88 Å². The van der Waals surface area contributed by atoms with Gasteiger partial charge in [-0.2, -0.15) is 0 Å². The molecule has 94 valence electrons. The molecule has 0 fully saturated rings. The van der Waals surface area contributed by atoms with E-state index >= 15 is 0 Å². The zero-order valence-corrected chi connectivity index (χ0v) is 11.7. The van der Waals surface area contributed by atoms with Gasteiger partial charge in [-0.05, 0) is 40.5 Å². The van der Waals surface area contributed by atoms with Crippen LogP contribution in [0.5, 0.6) is 17.4 Å². The molecular weight excluding hydrogens is 296 g/mol. The van der Waals surface area contributed by atoms with E-state index in [1.807, 2.05) is 13.0 Å². The molecule has 0 radical (unpaired) electrons. The Labute approximate surface area is 114 Å². The molecule has 0 bridgehead atoms. The number of methoxy groups -OCH3 is 1. The van der Waals surface area contributed by atoms with Crippen LogP contribution < -0.4 is 15.2 Å². The van der Waals surface area contributed by atoms with Crippen LogP contribution >= 0.6 is 15.9 Å². The Balaban J connectivity index is 2.23. The van der Waals surface area contributed by atoms with E-state index in [0.29, 0.717) is 23.1 Å². The Hall–Kier alpha value is -1.75. The minimum Gasteiger partial charge on any atom is -0.495 e. The van der Waals surface area contributed by atoms with Gasteiger partial charge in [0.05, 0.1) is 12.8 Å². The fourth-order valence-electron chi connectivity index (χ4n) is 1.47. The van der Waals surface area contributed by atoms with Gasteiger partial charge in [-0.25, -0.2) is 4.98 Å². The molecular formula is C13H13BrN2O2. The highest BCUT2D eigenvalue weighted by atomic mass is 79.9. The van der Waals surface area contributed by atoms with Crippen LogP contribution in [0, 0.1) is 6.92 Å². The summed E-state index contributed by atoms with van der Waals surface area (Å²) >= 11 is 3.39. The molecule has 2 N–H and O–H groups in total. The number of rotatable bonds is 3. The maximum absolute atomic E-state index is 5.81. The van der Waals surface area contributed by atoms with Crippen LogP contribution in [0.3, 0.4) is 0 Å². The molecule has 0 aliphatic carbocycles. The van der Waals surface area contributed by atoms with E-state index in [-0.39, 0.29) is 0 Å². The number of benzene rings is 1. The van der Waals surface area contributed by atoms with Crippen molar-refractivity contribution in [3.8, 4) is 17.4 Å². The first kappa shape index (κ1) is 12.7. The van der Waals surface area contributed by atoms with Gasteiger partial charge in [0, 0.05) is 22.8 Å². The van der Waals surface area contributed by atoms with E-state index < -0.39 is 0 Å². The highest BCUT2D eigenvalue weighted by Gasteiger charge is 2.04. The Kier molecular flexibility index (Phi) is 3.72. The van der Waals surface area contributed by atoms with Gasteiger partial charge in [-0.15, -0.1) is 0 Å². The van der Waals surface area contributed by atoms with E-state index in [0.717, 1.165) is 10.0 Å². The number of anilines is 1. The molecule has 1 heterocycles. The van der Waals surface area contributed by atoms with Gasteiger partial charge in [0.1, 0.15) is 11.5 Å². The molecule has 2 rings (SSSR count). The molecule has 0 spiro atoms. The van der Waals surface area contributed by atoms with Gasteiger partial charge < -0.3 is 15.2 Å². The second-order valence-electron chi connectivity index (χ2n) is 3.78. The zero-order chi connectivity index (χ0) is 13.1. The number of hydrogen-bond donors (Lipinski definition) is 1. The van der Waals surface area contributed by atoms with Gasteiger partial charge in [0.25, 0.3) is 0 Å². The van der Waals surface area contributed by atoms with Crippen molar-refractivity contribution in [2.45, 2.75) is 6.92 Å². The third-order valence-corrected chi connectivity index (χ3v) is 3.28. The average Bonchev–Trinajstić information content (AvgIpc) is 2.34. The van der Waals surface area contributed by atoms with Crippen LogP contribution in [0.1, 0.15) is 5.56 Å². The number of aryl methyl sites for hydroxylation is 1. The smallest absolute Gasteiger partial charge is 0.219 e. The summed E-state index contributed by atoms with van der Waals surface area (Å²) in [4.78, 5) is 4.17. The van der Waals surface area contributed by atoms with Gasteiger partial charge >= 0.3 is 0 Å². The van der Waals surface area contributed by atoms with Crippen LogP contribution in [0.2, 0.25) is 0 Å². The lowest BCUT2D eigenvalue weighted by atomic mass is 10.3. The molecule has 0 amide bonds. The SMILES string of the molecule is COc1ccc(Oc2cc(C)c(Br)cn2)cc1N. The highest BCUT2D eigenvalue weighted by molar-refractivity contribution is 9.10. The van der Waals surface area contributed by atoms with Crippen molar-refractivity contribution in [1.29, 1.82) is 0 Å². The first-order valence-electron chi connectivity index (χ1n) is 5.33. The Morgan fingerprint density at radius 2 is 2.06 bits per heavy atom. The molecule has 1 aromatic heterocycles. The standard InChI is InChI=1S/C13H13BrN2O2/c1-8-5-13(16-7-10(8)14)18-9-3-4-12(17-2)11(15)6-9/h3-7H,15H2,1-2H3. The second-order valence-corrected chi connectivity index (χ2v) is 4.63. The molecule has 0 unspecified atom stereocenters. The topological polar surface area (TPSA) is 57.4 Å². The summed E-state index contributed by atoms with van der Waals surface area (Å²) in [6, 6.07) is 7.10. The number of aromatic nitrogens is 1. The summed E-state index contributed by atoms with van der Waals surface area (Å²) in [5.41, 5.74) is 7.39. The lowest BCUT2D eigenvalue weighted by molar-refractivity contribution is 0.414. The fourth-order valence-corrected chi connectivity index (χ4v) is 1.68. The quantitative estimate of drug-likeness (QED) is 0.881. The molecule has 4 nitrogen and oxygen atoms in total. The third-order valence-electron chi connectivity index (χ3n) is 2.45. The number of nitrogens with zero attached hydrogens (tertiary/aromatic N) is 1. The maximum atomic E-state index is 5.81. The summed E-state index contributed by atoms with van der Waals surface area (Å²) < 4.78 is 11.7. The summed E-state index contributed by atoms with van der Waals surface area (Å²) in [5.74, 6) is 1.78. The van der Waals surface area contributed by atoms with Crippen LogP contribution in [-0.2, 0) is 0 Å². The maximum Gasteiger partial charge on any atom is 0.219 e.